The lowest BCUT2D eigenvalue weighted by Gasteiger charge is -2.27. The van der Waals surface area contributed by atoms with E-state index in [1.807, 2.05) is 0 Å². The van der Waals surface area contributed by atoms with E-state index in [9.17, 15) is 0 Å². The second-order valence-electron chi connectivity index (χ2n) is 7.43. The van der Waals surface area contributed by atoms with Crippen molar-refractivity contribution in [2.24, 2.45) is 0 Å². The van der Waals surface area contributed by atoms with Gasteiger partial charge in [-0.05, 0) is 49.3 Å². The van der Waals surface area contributed by atoms with Crippen LogP contribution in [0.2, 0.25) is 5.15 Å². The van der Waals surface area contributed by atoms with E-state index in [-0.39, 0.29) is 12.4 Å². The fourth-order valence-corrected chi connectivity index (χ4v) is 4.41. The van der Waals surface area contributed by atoms with Crippen molar-refractivity contribution in [2.75, 3.05) is 13.9 Å². The van der Waals surface area contributed by atoms with Crippen molar-refractivity contribution >= 4 is 11.6 Å². The van der Waals surface area contributed by atoms with Crippen molar-refractivity contribution in [3.8, 4) is 17.0 Å². The zero-order valence-corrected chi connectivity index (χ0v) is 15.6. The Balaban J connectivity index is 1.65. The molecule has 5 nitrogen and oxygen atoms in total. The third-order valence-corrected chi connectivity index (χ3v) is 6.08. The maximum Gasteiger partial charge on any atom is 0.188 e. The van der Waals surface area contributed by atoms with Gasteiger partial charge >= 0.3 is 0 Å². The van der Waals surface area contributed by atoms with E-state index in [1.165, 1.54) is 11.1 Å². The summed E-state index contributed by atoms with van der Waals surface area (Å²) in [7, 11) is 1.63. The van der Waals surface area contributed by atoms with Gasteiger partial charge in [-0.1, -0.05) is 17.7 Å². The highest BCUT2D eigenvalue weighted by molar-refractivity contribution is 6.30. The summed E-state index contributed by atoms with van der Waals surface area (Å²) in [5, 5.41) is 9.19. The molecule has 5 rings (SSSR count). The highest BCUT2D eigenvalue weighted by Gasteiger charge is 2.48. The van der Waals surface area contributed by atoms with Crippen molar-refractivity contribution < 1.29 is 14.2 Å². The van der Waals surface area contributed by atoms with Crippen molar-refractivity contribution in [1.29, 1.82) is 0 Å². The molecule has 1 aliphatic heterocycles. The Morgan fingerprint density at radius 2 is 2.04 bits per heavy atom. The zero-order chi connectivity index (χ0) is 17.7. The topological polar surface area (TPSA) is 53.5 Å². The van der Waals surface area contributed by atoms with Gasteiger partial charge in [0.1, 0.15) is 11.4 Å². The summed E-state index contributed by atoms with van der Waals surface area (Å²) >= 11 is 6.39. The molecule has 0 radical (unpaired) electrons. The molecule has 26 heavy (non-hydrogen) atoms. The average molecular weight is 373 g/mol. The number of hydrogen-bond acceptors (Lipinski definition) is 5. The first-order chi connectivity index (χ1) is 12.7. The standard InChI is InChI=1S/C20H21ClN2O3/c1-24-11-25-18-13-4-2-3-12(13)5-6-14(18)17-16-10-26-20(7-8-20)9-15(16)19(21)23-22-17/h5-6H,2-4,7-11H2,1H3. The van der Waals surface area contributed by atoms with Crippen molar-refractivity contribution in [2.45, 2.75) is 50.7 Å². The van der Waals surface area contributed by atoms with Crippen LogP contribution >= 0.6 is 11.6 Å². The quantitative estimate of drug-likeness (QED) is 0.762. The maximum atomic E-state index is 6.39. The van der Waals surface area contributed by atoms with E-state index < -0.39 is 0 Å². The molecule has 136 valence electrons. The van der Waals surface area contributed by atoms with Gasteiger partial charge in [-0.15, -0.1) is 10.2 Å². The maximum absolute atomic E-state index is 6.39. The van der Waals surface area contributed by atoms with Crippen LogP contribution < -0.4 is 4.74 Å². The number of aryl methyl sites for hydroxylation is 1. The molecule has 0 amide bonds. The molecule has 0 N–H and O–H groups in total. The van der Waals surface area contributed by atoms with Gasteiger partial charge < -0.3 is 14.2 Å². The largest absolute Gasteiger partial charge is 0.467 e. The first-order valence-corrected chi connectivity index (χ1v) is 9.53. The Bertz CT molecular complexity index is 880. The second-order valence-corrected chi connectivity index (χ2v) is 7.79. The molecule has 0 unspecified atom stereocenters. The Morgan fingerprint density at radius 3 is 2.85 bits per heavy atom. The van der Waals surface area contributed by atoms with Crippen LogP contribution in [0.4, 0.5) is 0 Å². The van der Waals surface area contributed by atoms with Gasteiger partial charge in [-0.2, -0.15) is 0 Å². The fraction of sp³-hybridized carbons (Fsp3) is 0.500. The molecule has 2 aromatic rings. The molecule has 0 bridgehead atoms. The normalized spacial score (nSPS) is 19.3. The Labute approximate surface area is 157 Å². The summed E-state index contributed by atoms with van der Waals surface area (Å²) in [5.74, 6) is 0.868. The first kappa shape index (κ1) is 16.5. The van der Waals surface area contributed by atoms with Crippen LogP contribution in [0.1, 0.15) is 41.5 Å². The Morgan fingerprint density at radius 1 is 1.15 bits per heavy atom. The van der Waals surface area contributed by atoms with E-state index in [4.69, 9.17) is 25.8 Å². The summed E-state index contributed by atoms with van der Waals surface area (Å²) in [6.07, 6.45) is 6.28. The van der Waals surface area contributed by atoms with Gasteiger partial charge in [-0.25, -0.2) is 0 Å². The third-order valence-electron chi connectivity index (χ3n) is 5.77. The zero-order valence-electron chi connectivity index (χ0n) is 14.8. The molecule has 1 aromatic carbocycles. The molecule has 6 heteroatoms. The Hall–Kier alpha value is -1.69. The minimum atomic E-state index is -0.00966. The van der Waals surface area contributed by atoms with Crippen LogP contribution in [0.25, 0.3) is 11.3 Å². The van der Waals surface area contributed by atoms with Crippen LogP contribution in [-0.2, 0) is 35.3 Å². The van der Waals surface area contributed by atoms with E-state index in [0.29, 0.717) is 11.8 Å². The van der Waals surface area contributed by atoms with Crippen molar-refractivity contribution in [3.05, 3.63) is 39.5 Å². The molecule has 3 aliphatic rings. The predicted molar refractivity (Wildman–Crippen MR) is 97.5 cm³/mol. The lowest BCUT2D eigenvalue weighted by atomic mass is 9.94. The number of rotatable bonds is 4. The minimum absolute atomic E-state index is 0.00966. The highest BCUT2D eigenvalue weighted by atomic mass is 35.5. The molecule has 1 spiro atoms. The Kier molecular flexibility index (Phi) is 3.92. The van der Waals surface area contributed by atoms with Gasteiger partial charge in [0.25, 0.3) is 0 Å². The van der Waals surface area contributed by atoms with E-state index >= 15 is 0 Å². The smallest absolute Gasteiger partial charge is 0.188 e. The molecule has 2 aliphatic carbocycles. The van der Waals surface area contributed by atoms with Crippen LogP contribution in [0.15, 0.2) is 12.1 Å². The van der Waals surface area contributed by atoms with Crippen molar-refractivity contribution in [1.82, 2.24) is 10.2 Å². The SMILES string of the molecule is COCOc1c(-c2nnc(Cl)c3c2COC2(CC2)C3)ccc2c1CCC2. The highest BCUT2D eigenvalue weighted by Crippen LogP contribution is 2.49. The fourth-order valence-electron chi connectivity index (χ4n) is 4.19. The molecule has 2 heterocycles. The van der Waals surface area contributed by atoms with Crippen molar-refractivity contribution in [3.63, 3.8) is 0 Å². The summed E-state index contributed by atoms with van der Waals surface area (Å²) in [6.45, 7) is 0.743. The third kappa shape index (κ3) is 2.61. The molecular formula is C20H21ClN2O3. The van der Waals surface area contributed by atoms with Crippen LogP contribution in [0.5, 0.6) is 5.75 Å². The van der Waals surface area contributed by atoms with E-state index in [0.717, 1.165) is 66.7 Å². The number of aromatic nitrogens is 2. The van der Waals surface area contributed by atoms with Gasteiger partial charge in [0.2, 0.25) is 0 Å². The summed E-state index contributed by atoms with van der Waals surface area (Å²) in [4.78, 5) is 0. The molecule has 1 aromatic heterocycles. The van der Waals surface area contributed by atoms with Gasteiger partial charge in [0, 0.05) is 30.2 Å². The van der Waals surface area contributed by atoms with E-state index in [1.54, 1.807) is 7.11 Å². The number of hydrogen-bond donors (Lipinski definition) is 0. The number of nitrogens with zero attached hydrogens (tertiary/aromatic N) is 2. The van der Waals surface area contributed by atoms with E-state index in [2.05, 4.69) is 22.3 Å². The minimum Gasteiger partial charge on any atom is -0.467 e. The molecule has 0 saturated heterocycles. The number of fused-ring (bicyclic) bond motifs is 2. The molecule has 0 atom stereocenters. The summed E-state index contributed by atoms with van der Waals surface area (Å²) < 4.78 is 17.3. The second kappa shape index (κ2) is 6.19. The van der Waals surface area contributed by atoms with Gasteiger partial charge in [-0.3, -0.25) is 0 Å². The van der Waals surface area contributed by atoms with Crippen LogP contribution in [0, 0.1) is 0 Å². The monoisotopic (exact) mass is 372 g/mol. The van der Waals surface area contributed by atoms with Gasteiger partial charge in [0.15, 0.2) is 11.9 Å². The summed E-state index contributed by atoms with van der Waals surface area (Å²) in [5.41, 5.74) is 6.51. The number of ether oxygens (including phenoxy) is 3. The lowest BCUT2D eigenvalue weighted by Crippen LogP contribution is -2.25. The average Bonchev–Trinajstić information content (AvgIpc) is 3.22. The first-order valence-electron chi connectivity index (χ1n) is 9.15. The van der Waals surface area contributed by atoms with Crippen LogP contribution in [-0.4, -0.2) is 29.7 Å². The number of benzene rings is 1. The lowest BCUT2D eigenvalue weighted by molar-refractivity contribution is 0.00808. The number of halogens is 1. The number of methoxy groups -OCH3 is 1. The predicted octanol–water partition coefficient (Wildman–Crippen LogP) is 3.87. The molecular weight excluding hydrogens is 352 g/mol. The van der Waals surface area contributed by atoms with Gasteiger partial charge in [0.05, 0.1) is 12.2 Å². The van der Waals surface area contributed by atoms with Crippen LogP contribution in [0.3, 0.4) is 0 Å². The molecule has 1 fully saturated rings. The summed E-state index contributed by atoms with van der Waals surface area (Å²) in [6, 6.07) is 4.28. The molecule has 1 saturated carbocycles.